The molecule has 1 aromatic heterocycles. The molecular weight excluding hydrogens is 262 g/mol. The van der Waals surface area contributed by atoms with Crippen molar-refractivity contribution in [3.05, 3.63) is 39.8 Å². The number of nitrogens with two attached hydrogens (primary N) is 1. The molecule has 0 aliphatic heterocycles. The lowest BCUT2D eigenvalue weighted by Gasteiger charge is -2.20. The molecule has 0 amide bonds. The maximum atomic E-state index is 11.2. The number of aromatic nitrogens is 1. The molecule has 3 N–H and O–H groups in total. The van der Waals surface area contributed by atoms with Crippen molar-refractivity contribution >= 4 is 28.7 Å². The van der Waals surface area contributed by atoms with E-state index in [2.05, 4.69) is 4.98 Å². The molecule has 0 radical (unpaired) electrons. The van der Waals surface area contributed by atoms with Crippen LogP contribution in [0.15, 0.2) is 23.6 Å². The minimum atomic E-state index is -0.982. The molecule has 0 unspecified atom stereocenters. The van der Waals surface area contributed by atoms with E-state index in [-0.39, 0.29) is 5.56 Å². The van der Waals surface area contributed by atoms with E-state index in [1.807, 2.05) is 24.3 Å². The van der Waals surface area contributed by atoms with Crippen LogP contribution in [0.1, 0.15) is 21.1 Å². The smallest absolute Gasteiger partial charge is 0.337 e. The summed E-state index contributed by atoms with van der Waals surface area (Å²) in [7, 11) is 1.84. The fourth-order valence-electron chi connectivity index (χ4n) is 1.82. The van der Waals surface area contributed by atoms with Gasteiger partial charge < -0.3 is 15.7 Å². The number of carboxylic acid groups (broad SMARTS) is 1. The van der Waals surface area contributed by atoms with Gasteiger partial charge in [-0.15, -0.1) is 11.3 Å². The average Bonchev–Trinajstić information content (AvgIpc) is 2.74. The highest BCUT2D eigenvalue weighted by molar-refractivity contribution is 7.09. The van der Waals surface area contributed by atoms with E-state index in [4.69, 9.17) is 5.73 Å². The third kappa shape index (κ3) is 3.03. The Morgan fingerprint density at radius 1 is 1.53 bits per heavy atom. The number of aryl methyl sites for hydroxylation is 1. The van der Waals surface area contributed by atoms with Gasteiger partial charge in [0.2, 0.25) is 0 Å². The number of nitrogen functional groups attached to an aromatic ring is 1. The number of hydrogen-bond donors (Lipinski definition) is 2. The quantitative estimate of drug-likeness (QED) is 0.839. The van der Waals surface area contributed by atoms with Gasteiger partial charge in [-0.25, -0.2) is 9.78 Å². The van der Waals surface area contributed by atoms with Crippen molar-refractivity contribution < 1.29 is 9.90 Å². The van der Waals surface area contributed by atoms with Gasteiger partial charge in [-0.1, -0.05) is 0 Å². The summed E-state index contributed by atoms with van der Waals surface area (Å²) >= 11 is 1.57. The van der Waals surface area contributed by atoms with Crippen molar-refractivity contribution in [1.82, 2.24) is 4.98 Å². The Kier molecular flexibility index (Phi) is 3.71. The van der Waals surface area contributed by atoms with Gasteiger partial charge in [0.25, 0.3) is 0 Å². The second-order valence-electron chi connectivity index (χ2n) is 4.32. The summed E-state index contributed by atoms with van der Waals surface area (Å²) in [5.74, 6) is -0.982. The zero-order valence-electron chi connectivity index (χ0n) is 10.8. The molecule has 0 bridgehead atoms. The first-order chi connectivity index (χ1) is 8.97. The standard InChI is InChI=1S/C13H15N3O2S/c1-8-7-19-12(15-8)6-16(2)11-4-3-9(14)5-10(11)13(17)18/h3-5,7H,6,14H2,1-2H3,(H,17,18). The molecule has 0 spiro atoms. The van der Waals surface area contributed by atoms with Crippen molar-refractivity contribution in [1.29, 1.82) is 0 Å². The van der Waals surface area contributed by atoms with Crippen LogP contribution < -0.4 is 10.6 Å². The first-order valence-corrected chi connectivity index (χ1v) is 6.60. The number of rotatable bonds is 4. The van der Waals surface area contributed by atoms with E-state index in [0.717, 1.165) is 10.7 Å². The van der Waals surface area contributed by atoms with Crippen molar-refractivity contribution in [3.63, 3.8) is 0 Å². The summed E-state index contributed by atoms with van der Waals surface area (Å²) in [4.78, 5) is 17.5. The van der Waals surface area contributed by atoms with Crippen molar-refractivity contribution in [2.75, 3.05) is 17.7 Å². The van der Waals surface area contributed by atoms with Gasteiger partial charge in [-0.05, 0) is 25.1 Å². The molecule has 0 atom stereocenters. The van der Waals surface area contributed by atoms with E-state index in [1.165, 1.54) is 6.07 Å². The highest BCUT2D eigenvalue weighted by Crippen LogP contribution is 2.24. The minimum Gasteiger partial charge on any atom is -0.478 e. The first-order valence-electron chi connectivity index (χ1n) is 5.72. The second-order valence-corrected chi connectivity index (χ2v) is 5.26. The number of benzene rings is 1. The average molecular weight is 277 g/mol. The maximum Gasteiger partial charge on any atom is 0.337 e. The highest BCUT2D eigenvalue weighted by Gasteiger charge is 2.15. The number of nitrogens with zero attached hydrogens (tertiary/aromatic N) is 2. The Morgan fingerprint density at radius 3 is 2.84 bits per heavy atom. The topological polar surface area (TPSA) is 79.5 Å². The zero-order chi connectivity index (χ0) is 14.0. The van der Waals surface area contributed by atoms with Crippen LogP contribution in [0.4, 0.5) is 11.4 Å². The highest BCUT2D eigenvalue weighted by atomic mass is 32.1. The Balaban J connectivity index is 2.28. The number of hydrogen-bond acceptors (Lipinski definition) is 5. The summed E-state index contributed by atoms with van der Waals surface area (Å²) in [5.41, 5.74) is 7.89. The van der Waals surface area contributed by atoms with Crippen LogP contribution in [-0.4, -0.2) is 23.1 Å². The monoisotopic (exact) mass is 277 g/mol. The molecule has 0 aliphatic carbocycles. The molecule has 1 aromatic carbocycles. The molecule has 0 saturated carbocycles. The SMILES string of the molecule is Cc1csc(CN(C)c2ccc(N)cc2C(=O)O)n1. The van der Waals surface area contributed by atoms with Crippen molar-refractivity contribution in [2.45, 2.75) is 13.5 Å². The third-order valence-corrected chi connectivity index (χ3v) is 3.65. The predicted molar refractivity (Wildman–Crippen MR) is 76.8 cm³/mol. The predicted octanol–water partition coefficient (Wildman–Crippen LogP) is 2.37. The molecule has 0 saturated heterocycles. The van der Waals surface area contributed by atoms with Crippen LogP contribution in [0.3, 0.4) is 0 Å². The first kappa shape index (κ1) is 13.4. The summed E-state index contributed by atoms with van der Waals surface area (Å²) < 4.78 is 0. The number of carbonyl (C=O) groups is 1. The Morgan fingerprint density at radius 2 is 2.26 bits per heavy atom. The lowest BCUT2D eigenvalue weighted by molar-refractivity contribution is 0.0697. The minimum absolute atomic E-state index is 0.204. The van der Waals surface area contributed by atoms with Crippen LogP contribution in [0.25, 0.3) is 0 Å². The van der Waals surface area contributed by atoms with E-state index in [1.54, 1.807) is 23.5 Å². The van der Waals surface area contributed by atoms with Gasteiger partial charge in [-0.2, -0.15) is 0 Å². The number of anilines is 2. The molecule has 2 aromatic rings. The Labute approximate surface area is 115 Å². The summed E-state index contributed by atoms with van der Waals surface area (Å²) in [6.45, 7) is 2.51. The third-order valence-electron chi connectivity index (χ3n) is 2.70. The van der Waals surface area contributed by atoms with E-state index in [9.17, 15) is 9.90 Å². The van der Waals surface area contributed by atoms with E-state index >= 15 is 0 Å². The normalized spacial score (nSPS) is 10.4. The Bertz CT molecular complexity index is 610. The molecular formula is C13H15N3O2S. The van der Waals surface area contributed by atoms with Gasteiger partial charge in [0.15, 0.2) is 0 Å². The van der Waals surface area contributed by atoms with Crippen LogP contribution >= 0.6 is 11.3 Å². The Hall–Kier alpha value is -2.08. The van der Waals surface area contributed by atoms with E-state index < -0.39 is 5.97 Å². The van der Waals surface area contributed by atoms with Gasteiger partial charge in [-0.3, -0.25) is 0 Å². The molecule has 0 fully saturated rings. The fourth-order valence-corrected chi connectivity index (χ4v) is 2.65. The van der Waals surface area contributed by atoms with Crippen LogP contribution in [-0.2, 0) is 6.54 Å². The lowest BCUT2D eigenvalue weighted by Crippen LogP contribution is -2.19. The molecule has 6 heteroatoms. The second kappa shape index (κ2) is 5.27. The number of carboxylic acids is 1. The van der Waals surface area contributed by atoms with Crippen LogP contribution in [0, 0.1) is 6.92 Å². The van der Waals surface area contributed by atoms with Crippen LogP contribution in [0.5, 0.6) is 0 Å². The summed E-state index contributed by atoms with van der Waals surface area (Å²) in [6, 6.07) is 4.89. The molecule has 5 nitrogen and oxygen atoms in total. The van der Waals surface area contributed by atoms with Gasteiger partial charge in [0.1, 0.15) is 5.01 Å². The van der Waals surface area contributed by atoms with Crippen molar-refractivity contribution in [3.8, 4) is 0 Å². The molecule has 19 heavy (non-hydrogen) atoms. The molecule has 2 rings (SSSR count). The number of aromatic carboxylic acids is 1. The molecule has 100 valence electrons. The summed E-state index contributed by atoms with van der Waals surface area (Å²) in [5, 5.41) is 12.1. The lowest BCUT2D eigenvalue weighted by atomic mass is 10.1. The summed E-state index contributed by atoms with van der Waals surface area (Å²) in [6.07, 6.45) is 0. The largest absolute Gasteiger partial charge is 0.478 e. The molecule has 0 aliphatic rings. The maximum absolute atomic E-state index is 11.2. The molecule has 1 heterocycles. The number of thiazole rings is 1. The van der Waals surface area contributed by atoms with E-state index in [0.29, 0.717) is 17.9 Å². The van der Waals surface area contributed by atoms with Crippen molar-refractivity contribution in [2.24, 2.45) is 0 Å². The van der Waals surface area contributed by atoms with Gasteiger partial charge in [0.05, 0.1) is 17.8 Å². The zero-order valence-corrected chi connectivity index (χ0v) is 11.6. The van der Waals surface area contributed by atoms with Crippen LogP contribution in [0.2, 0.25) is 0 Å². The van der Waals surface area contributed by atoms with Gasteiger partial charge >= 0.3 is 5.97 Å². The van der Waals surface area contributed by atoms with Gasteiger partial charge in [0, 0.05) is 23.8 Å². The fraction of sp³-hybridized carbons (Fsp3) is 0.231.